The molecule has 0 aliphatic heterocycles. The Morgan fingerprint density at radius 2 is 1.94 bits per heavy atom. The molecule has 0 saturated carbocycles. The molecule has 0 aliphatic carbocycles. The maximum absolute atomic E-state index is 11.5. The molecule has 0 spiro atoms. The number of esters is 1. The number of carbonyl (C=O) groups is 2. The fourth-order valence-corrected chi connectivity index (χ4v) is 1.15. The number of nitrogens with two attached hydrogens (primary N) is 1. The average molecular weight is 222 g/mol. The van der Waals surface area contributed by atoms with E-state index in [1.165, 1.54) is 0 Å². The first-order valence-electron chi connectivity index (χ1n) is 4.93. The van der Waals surface area contributed by atoms with Gasteiger partial charge >= 0.3 is 5.97 Å². The van der Waals surface area contributed by atoms with Gasteiger partial charge < -0.3 is 4.74 Å². The zero-order valence-electron chi connectivity index (χ0n) is 9.05. The van der Waals surface area contributed by atoms with Gasteiger partial charge in [-0.05, 0) is 19.1 Å². The second-order valence-electron chi connectivity index (χ2n) is 3.08. The molecule has 86 valence electrons. The van der Waals surface area contributed by atoms with Crippen LogP contribution in [-0.4, -0.2) is 18.5 Å². The van der Waals surface area contributed by atoms with Crippen LogP contribution in [0.25, 0.3) is 0 Å². The molecule has 0 heterocycles. The Balaban J connectivity index is 2.58. The predicted octanol–water partition coefficient (Wildman–Crippen LogP) is 0.846. The molecule has 0 aromatic heterocycles. The number of nitrogens with zero attached hydrogens (tertiary/aromatic N) is 1. The van der Waals surface area contributed by atoms with Crippen LogP contribution in [0.5, 0.6) is 0 Å². The monoisotopic (exact) mass is 222 g/mol. The van der Waals surface area contributed by atoms with Crippen LogP contribution in [-0.2, 0) is 14.3 Å². The molecular weight excluding hydrogens is 208 g/mol. The van der Waals surface area contributed by atoms with Crippen molar-refractivity contribution in [1.82, 2.24) is 0 Å². The number of benzene rings is 1. The molecule has 1 rings (SSSR count). The second kappa shape index (κ2) is 5.87. The zero-order chi connectivity index (χ0) is 12.0. The van der Waals surface area contributed by atoms with E-state index in [0.29, 0.717) is 5.69 Å². The SMILES string of the molecule is CCOC(=O)CC(=O)N(N)c1ccccc1. The highest BCUT2D eigenvalue weighted by Crippen LogP contribution is 2.10. The third-order valence-electron chi connectivity index (χ3n) is 1.90. The smallest absolute Gasteiger partial charge is 0.315 e. The van der Waals surface area contributed by atoms with Gasteiger partial charge in [-0.15, -0.1) is 0 Å². The molecule has 0 saturated heterocycles. The minimum atomic E-state index is -0.570. The Bertz CT molecular complexity index is 365. The highest BCUT2D eigenvalue weighted by atomic mass is 16.5. The van der Waals surface area contributed by atoms with E-state index in [0.717, 1.165) is 5.01 Å². The lowest BCUT2D eigenvalue weighted by atomic mass is 10.3. The summed E-state index contributed by atoms with van der Waals surface area (Å²) < 4.78 is 4.66. The van der Waals surface area contributed by atoms with Gasteiger partial charge in [-0.1, -0.05) is 18.2 Å². The summed E-state index contributed by atoms with van der Waals surface area (Å²) in [7, 11) is 0. The molecule has 1 aromatic rings. The molecule has 0 atom stereocenters. The number of amides is 1. The van der Waals surface area contributed by atoms with E-state index in [-0.39, 0.29) is 13.0 Å². The van der Waals surface area contributed by atoms with Crippen molar-refractivity contribution in [3.8, 4) is 0 Å². The molecule has 5 nitrogen and oxygen atoms in total. The lowest BCUT2D eigenvalue weighted by Crippen LogP contribution is -2.38. The number of para-hydroxylation sites is 1. The Morgan fingerprint density at radius 3 is 2.50 bits per heavy atom. The summed E-state index contributed by atoms with van der Waals surface area (Å²) in [5, 5.41) is 0.941. The number of hydrazine groups is 1. The number of ether oxygens (including phenoxy) is 1. The minimum absolute atomic E-state index is 0.252. The first-order chi connectivity index (χ1) is 7.65. The first-order valence-corrected chi connectivity index (χ1v) is 4.93. The van der Waals surface area contributed by atoms with Crippen LogP contribution in [0.1, 0.15) is 13.3 Å². The lowest BCUT2D eigenvalue weighted by Gasteiger charge is -2.15. The van der Waals surface area contributed by atoms with Crippen LogP contribution in [0.15, 0.2) is 30.3 Å². The van der Waals surface area contributed by atoms with Crippen LogP contribution in [0, 0.1) is 0 Å². The molecule has 2 N–H and O–H groups in total. The molecule has 0 bridgehead atoms. The first kappa shape index (κ1) is 12.2. The van der Waals surface area contributed by atoms with Crippen molar-refractivity contribution in [2.45, 2.75) is 13.3 Å². The van der Waals surface area contributed by atoms with Gasteiger partial charge in [0.1, 0.15) is 6.42 Å². The molecular formula is C11H14N2O3. The predicted molar refractivity (Wildman–Crippen MR) is 59.4 cm³/mol. The summed E-state index contributed by atoms with van der Waals surface area (Å²) in [6.07, 6.45) is -0.348. The van der Waals surface area contributed by atoms with Crippen molar-refractivity contribution in [1.29, 1.82) is 0 Å². The zero-order valence-corrected chi connectivity index (χ0v) is 9.05. The summed E-state index contributed by atoms with van der Waals surface area (Å²) in [5.41, 5.74) is 0.539. The number of rotatable bonds is 4. The Morgan fingerprint density at radius 1 is 1.31 bits per heavy atom. The molecule has 5 heteroatoms. The maximum atomic E-state index is 11.5. The Labute approximate surface area is 93.8 Å². The van der Waals surface area contributed by atoms with Gasteiger partial charge in [0.2, 0.25) is 0 Å². The summed E-state index contributed by atoms with van der Waals surface area (Å²) >= 11 is 0. The van der Waals surface area contributed by atoms with E-state index < -0.39 is 11.9 Å². The summed E-state index contributed by atoms with van der Waals surface area (Å²) in [4.78, 5) is 22.6. The number of hydrogen-bond donors (Lipinski definition) is 1. The van der Waals surface area contributed by atoms with Crippen molar-refractivity contribution >= 4 is 17.6 Å². The van der Waals surface area contributed by atoms with Crippen LogP contribution in [0.3, 0.4) is 0 Å². The Hall–Kier alpha value is -1.88. The normalized spacial score (nSPS) is 9.62. The fourth-order valence-electron chi connectivity index (χ4n) is 1.15. The molecule has 1 amide bonds. The average Bonchev–Trinajstić information content (AvgIpc) is 2.29. The van der Waals surface area contributed by atoms with Gasteiger partial charge in [0.25, 0.3) is 5.91 Å². The highest BCUT2D eigenvalue weighted by Gasteiger charge is 2.16. The van der Waals surface area contributed by atoms with Gasteiger partial charge in [-0.25, -0.2) is 10.9 Å². The molecule has 1 aromatic carbocycles. The minimum Gasteiger partial charge on any atom is -0.466 e. The molecule has 0 radical (unpaired) electrons. The van der Waals surface area contributed by atoms with Gasteiger partial charge in [-0.3, -0.25) is 9.59 Å². The van der Waals surface area contributed by atoms with Crippen molar-refractivity contribution in [2.24, 2.45) is 5.84 Å². The van der Waals surface area contributed by atoms with Gasteiger partial charge in [0.15, 0.2) is 0 Å². The van der Waals surface area contributed by atoms with E-state index in [4.69, 9.17) is 5.84 Å². The molecule has 0 aliphatic rings. The molecule has 16 heavy (non-hydrogen) atoms. The Kier molecular flexibility index (Phi) is 4.47. The van der Waals surface area contributed by atoms with E-state index in [1.807, 2.05) is 6.07 Å². The number of anilines is 1. The quantitative estimate of drug-likeness (QED) is 0.269. The van der Waals surface area contributed by atoms with Crippen LogP contribution in [0.2, 0.25) is 0 Å². The van der Waals surface area contributed by atoms with Crippen LogP contribution < -0.4 is 10.9 Å². The fraction of sp³-hybridized carbons (Fsp3) is 0.273. The highest BCUT2D eigenvalue weighted by molar-refractivity contribution is 6.02. The second-order valence-corrected chi connectivity index (χ2v) is 3.08. The van der Waals surface area contributed by atoms with Crippen molar-refractivity contribution in [2.75, 3.05) is 11.6 Å². The molecule has 0 fully saturated rings. The van der Waals surface area contributed by atoms with E-state index in [2.05, 4.69) is 4.74 Å². The summed E-state index contributed by atoms with van der Waals surface area (Å²) in [5.74, 6) is 4.49. The standard InChI is InChI=1S/C11H14N2O3/c1-2-16-11(15)8-10(14)13(12)9-6-4-3-5-7-9/h3-7H,2,8,12H2,1H3. The molecule has 0 unspecified atom stereocenters. The van der Waals surface area contributed by atoms with Gasteiger partial charge in [-0.2, -0.15) is 0 Å². The van der Waals surface area contributed by atoms with Crippen LogP contribution in [0.4, 0.5) is 5.69 Å². The van der Waals surface area contributed by atoms with Crippen molar-refractivity contribution < 1.29 is 14.3 Å². The van der Waals surface area contributed by atoms with Crippen molar-refractivity contribution in [3.63, 3.8) is 0 Å². The third-order valence-corrected chi connectivity index (χ3v) is 1.90. The number of carbonyl (C=O) groups excluding carboxylic acids is 2. The van der Waals surface area contributed by atoms with E-state index in [1.54, 1.807) is 31.2 Å². The largest absolute Gasteiger partial charge is 0.466 e. The maximum Gasteiger partial charge on any atom is 0.315 e. The summed E-state index contributed by atoms with van der Waals surface area (Å²) in [6, 6.07) is 8.69. The summed E-state index contributed by atoms with van der Waals surface area (Å²) in [6.45, 7) is 1.93. The third kappa shape index (κ3) is 3.36. The van der Waals surface area contributed by atoms with Gasteiger partial charge in [0.05, 0.1) is 12.3 Å². The van der Waals surface area contributed by atoms with E-state index >= 15 is 0 Å². The number of hydrogen-bond acceptors (Lipinski definition) is 4. The lowest BCUT2D eigenvalue weighted by molar-refractivity contribution is -0.145. The van der Waals surface area contributed by atoms with Crippen molar-refractivity contribution in [3.05, 3.63) is 30.3 Å². The van der Waals surface area contributed by atoms with E-state index in [9.17, 15) is 9.59 Å². The van der Waals surface area contributed by atoms with Gasteiger partial charge in [0, 0.05) is 0 Å². The van der Waals surface area contributed by atoms with Crippen LogP contribution >= 0.6 is 0 Å². The topological polar surface area (TPSA) is 72.6 Å².